The van der Waals surface area contributed by atoms with E-state index in [1.807, 2.05) is 26.0 Å². The fourth-order valence-corrected chi connectivity index (χ4v) is 2.31. The molecule has 0 aliphatic rings. The van der Waals surface area contributed by atoms with Gasteiger partial charge in [0.1, 0.15) is 11.5 Å². The maximum atomic E-state index is 12.4. The highest BCUT2D eigenvalue weighted by atomic mass is 19.3. The van der Waals surface area contributed by atoms with Gasteiger partial charge in [-0.05, 0) is 19.0 Å². The van der Waals surface area contributed by atoms with Crippen molar-refractivity contribution < 1.29 is 18.3 Å². The molecule has 0 aliphatic carbocycles. The van der Waals surface area contributed by atoms with E-state index in [1.165, 1.54) is 0 Å². The van der Waals surface area contributed by atoms with Crippen molar-refractivity contribution in [1.82, 2.24) is 4.90 Å². The Bertz CT molecular complexity index is 436. The maximum absolute atomic E-state index is 12.4. The van der Waals surface area contributed by atoms with Gasteiger partial charge in [-0.25, -0.2) is 8.78 Å². The van der Waals surface area contributed by atoms with Crippen LogP contribution in [0.15, 0.2) is 12.1 Å². The number of ether oxygens (including phenoxy) is 2. The quantitative estimate of drug-likeness (QED) is 0.766. The minimum atomic E-state index is -2.34. The molecule has 0 aliphatic heterocycles. The molecule has 0 saturated carbocycles. The summed E-state index contributed by atoms with van der Waals surface area (Å²) in [5, 5.41) is 0. The van der Waals surface area contributed by atoms with Crippen LogP contribution in [-0.4, -0.2) is 39.1 Å². The minimum Gasteiger partial charge on any atom is -0.496 e. The molecule has 0 fully saturated rings. The van der Waals surface area contributed by atoms with Crippen molar-refractivity contribution in [3.63, 3.8) is 0 Å². The van der Waals surface area contributed by atoms with E-state index in [1.54, 1.807) is 26.2 Å². The fraction of sp³-hybridized carbons (Fsp3) is 0.600. The van der Waals surface area contributed by atoms with Crippen molar-refractivity contribution in [2.24, 2.45) is 0 Å². The van der Waals surface area contributed by atoms with Crippen molar-refractivity contribution in [3.05, 3.63) is 23.3 Å². The molecule has 0 atom stereocenters. The second kappa shape index (κ2) is 7.43. The van der Waals surface area contributed by atoms with Crippen molar-refractivity contribution in [3.8, 4) is 11.5 Å². The lowest BCUT2D eigenvalue weighted by molar-refractivity contribution is 0.0971. The number of rotatable bonds is 7. The van der Waals surface area contributed by atoms with E-state index in [0.29, 0.717) is 6.54 Å². The molecule has 1 aromatic carbocycles. The smallest absolute Gasteiger partial charge is 0.251 e. The van der Waals surface area contributed by atoms with Crippen LogP contribution in [0.5, 0.6) is 11.5 Å². The van der Waals surface area contributed by atoms with Crippen LogP contribution in [-0.2, 0) is 6.54 Å². The largest absolute Gasteiger partial charge is 0.496 e. The fourth-order valence-electron chi connectivity index (χ4n) is 2.31. The number of hydrogen-bond acceptors (Lipinski definition) is 3. The molecule has 0 heterocycles. The van der Waals surface area contributed by atoms with Gasteiger partial charge in [-0.2, -0.15) is 0 Å². The highest BCUT2D eigenvalue weighted by Crippen LogP contribution is 2.38. The minimum absolute atomic E-state index is 0.222. The van der Waals surface area contributed by atoms with Crippen molar-refractivity contribution >= 4 is 0 Å². The van der Waals surface area contributed by atoms with Crippen LogP contribution >= 0.6 is 0 Å². The Morgan fingerprint density at radius 2 is 1.80 bits per heavy atom. The zero-order valence-electron chi connectivity index (χ0n) is 12.7. The molecule has 0 saturated heterocycles. The zero-order chi connectivity index (χ0) is 15.3. The van der Waals surface area contributed by atoms with Crippen LogP contribution in [0.2, 0.25) is 0 Å². The van der Waals surface area contributed by atoms with Gasteiger partial charge in [0, 0.05) is 17.7 Å². The van der Waals surface area contributed by atoms with Gasteiger partial charge in [-0.3, -0.25) is 4.90 Å². The zero-order valence-corrected chi connectivity index (χ0v) is 12.7. The first-order valence-corrected chi connectivity index (χ1v) is 6.61. The topological polar surface area (TPSA) is 21.7 Å². The maximum Gasteiger partial charge on any atom is 0.251 e. The molecule has 0 bridgehead atoms. The summed E-state index contributed by atoms with van der Waals surface area (Å²) in [5.74, 6) is 1.71. The highest BCUT2D eigenvalue weighted by molar-refractivity contribution is 5.51. The first-order valence-electron chi connectivity index (χ1n) is 6.61. The summed E-state index contributed by atoms with van der Waals surface area (Å²) in [6.45, 7) is 4.25. The predicted octanol–water partition coefficient (Wildman–Crippen LogP) is 3.52. The van der Waals surface area contributed by atoms with E-state index in [0.717, 1.165) is 22.6 Å². The molecule has 3 nitrogen and oxygen atoms in total. The lowest BCUT2D eigenvalue weighted by Crippen LogP contribution is -2.24. The Labute approximate surface area is 119 Å². The van der Waals surface area contributed by atoms with Crippen LogP contribution in [0.4, 0.5) is 8.78 Å². The van der Waals surface area contributed by atoms with Gasteiger partial charge in [-0.1, -0.05) is 19.9 Å². The third-order valence-corrected chi connectivity index (χ3v) is 3.13. The number of halogens is 2. The molecule has 0 radical (unpaired) electrons. The van der Waals surface area contributed by atoms with Gasteiger partial charge < -0.3 is 9.47 Å². The SMILES string of the molecule is COc1ccc(CN(C)CC(F)F)c(OC)c1C(C)C. The van der Waals surface area contributed by atoms with E-state index in [2.05, 4.69) is 0 Å². The van der Waals surface area contributed by atoms with Crippen LogP contribution in [0.25, 0.3) is 0 Å². The summed E-state index contributed by atoms with van der Waals surface area (Å²) in [6.07, 6.45) is -2.34. The first kappa shape index (κ1) is 16.7. The normalized spacial score (nSPS) is 11.5. The van der Waals surface area contributed by atoms with Gasteiger partial charge in [0.05, 0.1) is 20.8 Å². The average Bonchev–Trinajstić information content (AvgIpc) is 2.36. The van der Waals surface area contributed by atoms with Gasteiger partial charge in [-0.15, -0.1) is 0 Å². The van der Waals surface area contributed by atoms with Crippen LogP contribution < -0.4 is 9.47 Å². The molecular formula is C15H23F2NO2. The summed E-state index contributed by atoms with van der Waals surface area (Å²) in [4.78, 5) is 1.58. The van der Waals surface area contributed by atoms with Crippen molar-refractivity contribution in [1.29, 1.82) is 0 Å². The molecule has 0 N–H and O–H groups in total. The van der Waals surface area contributed by atoms with E-state index in [4.69, 9.17) is 9.47 Å². The summed E-state index contributed by atoms with van der Waals surface area (Å²) in [6, 6.07) is 3.73. The standard InChI is InChI=1S/C15H23F2NO2/c1-10(2)14-12(19-4)7-6-11(15(14)20-5)8-18(3)9-13(16)17/h6-7,10,13H,8-9H2,1-5H3. The first-order chi connectivity index (χ1) is 9.40. The Hall–Kier alpha value is -1.36. The highest BCUT2D eigenvalue weighted by Gasteiger charge is 2.19. The van der Waals surface area contributed by atoms with Gasteiger partial charge in [0.15, 0.2) is 0 Å². The molecule has 114 valence electrons. The Morgan fingerprint density at radius 1 is 1.15 bits per heavy atom. The number of hydrogen-bond donors (Lipinski definition) is 0. The Balaban J connectivity index is 3.11. The van der Waals surface area contributed by atoms with E-state index in [-0.39, 0.29) is 12.5 Å². The van der Waals surface area contributed by atoms with Crippen LogP contribution in [0.3, 0.4) is 0 Å². The number of alkyl halides is 2. The Morgan fingerprint density at radius 3 is 2.25 bits per heavy atom. The van der Waals surface area contributed by atoms with E-state index >= 15 is 0 Å². The summed E-state index contributed by atoms with van der Waals surface area (Å²) >= 11 is 0. The Kier molecular flexibility index (Phi) is 6.20. The van der Waals surface area contributed by atoms with E-state index in [9.17, 15) is 8.78 Å². The third-order valence-electron chi connectivity index (χ3n) is 3.13. The molecule has 0 unspecified atom stereocenters. The third kappa shape index (κ3) is 4.07. The molecule has 5 heteroatoms. The molecule has 0 amide bonds. The monoisotopic (exact) mass is 287 g/mol. The van der Waals surface area contributed by atoms with E-state index < -0.39 is 6.43 Å². The van der Waals surface area contributed by atoms with Crippen molar-refractivity contribution in [2.45, 2.75) is 32.7 Å². The lowest BCUT2D eigenvalue weighted by atomic mass is 9.97. The molecular weight excluding hydrogens is 264 g/mol. The second-order valence-corrected chi connectivity index (χ2v) is 5.12. The summed E-state index contributed by atoms with van der Waals surface area (Å²) in [5.41, 5.74) is 1.86. The van der Waals surface area contributed by atoms with Gasteiger partial charge >= 0.3 is 0 Å². The molecule has 0 aromatic heterocycles. The van der Waals surface area contributed by atoms with Crippen molar-refractivity contribution in [2.75, 3.05) is 27.8 Å². The van der Waals surface area contributed by atoms with Crippen LogP contribution in [0.1, 0.15) is 30.9 Å². The molecule has 20 heavy (non-hydrogen) atoms. The summed E-state index contributed by atoms with van der Waals surface area (Å²) in [7, 11) is 4.88. The van der Waals surface area contributed by atoms with Gasteiger partial charge in [0.2, 0.25) is 0 Å². The number of nitrogens with zero attached hydrogens (tertiary/aromatic N) is 1. The number of benzene rings is 1. The van der Waals surface area contributed by atoms with Crippen LogP contribution in [0, 0.1) is 0 Å². The lowest BCUT2D eigenvalue weighted by Gasteiger charge is -2.22. The predicted molar refractivity (Wildman–Crippen MR) is 76.0 cm³/mol. The second-order valence-electron chi connectivity index (χ2n) is 5.12. The summed E-state index contributed by atoms with van der Waals surface area (Å²) < 4.78 is 35.7. The molecule has 1 aromatic rings. The average molecular weight is 287 g/mol. The molecule has 1 rings (SSSR count). The number of methoxy groups -OCH3 is 2. The van der Waals surface area contributed by atoms with Gasteiger partial charge in [0.25, 0.3) is 6.43 Å². The molecule has 0 spiro atoms.